The first-order chi connectivity index (χ1) is 10.2. The fourth-order valence-electron chi connectivity index (χ4n) is 2.05. The Balaban J connectivity index is 1.79. The van der Waals surface area contributed by atoms with E-state index in [0.29, 0.717) is 11.3 Å². The number of carbonyl (C=O) groups excluding carboxylic acids is 1. The van der Waals surface area contributed by atoms with Crippen molar-refractivity contribution in [3.63, 3.8) is 0 Å². The Morgan fingerprint density at radius 3 is 2.67 bits per heavy atom. The number of nitrogens with one attached hydrogen (secondary N) is 1. The first kappa shape index (κ1) is 13.1. The molecule has 2 aromatic heterocycles. The van der Waals surface area contributed by atoms with Gasteiger partial charge in [0.1, 0.15) is 0 Å². The van der Waals surface area contributed by atoms with Gasteiger partial charge in [0.15, 0.2) is 0 Å². The summed E-state index contributed by atoms with van der Waals surface area (Å²) in [4.78, 5) is 16.2. The summed E-state index contributed by atoms with van der Waals surface area (Å²) in [5.74, 6) is -0.137. The average molecular weight is 278 g/mol. The summed E-state index contributed by atoms with van der Waals surface area (Å²) in [6.45, 7) is 1.91. The number of aromatic nitrogens is 3. The van der Waals surface area contributed by atoms with E-state index >= 15 is 0 Å². The molecule has 104 valence electrons. The molecule has 0 radical (unpaired) electrons. The highest BCUT2D eigenvalue weighted by Crippen LogP contribution is 2.13. The zero-order chi connectivity index (χ0) is 14.7. The summed E-state index contributed by atoms with van der Waals surface area (Å²) in [6, 6.07) is 11.2. The van der Waals surface area contributed by atoms with Crippen molar-refractivity contribution < 1.29 is 4.79 Å². The van der Waals surface area contributed by atoms with Crippen LogP contribution in [0.3, 0.4) is 0 Å². The summed E-state index contributed by atoms with van der Waals surface area (Å²) >= 11 is 0. The SMILES string of the molecule is Cc1ccccc1C(=O)Nc1cnn(-c2ccncc2)c1. The van der Waals surface area contributed by atoms with Crippen LogP contribution in [0, 0.1) is 6.92 Å². The molecular weight excluding hydrogens is 264 g/mol. The summed E-state index contributed by atoms with van der Waals surface area (Å²) in [7, 11) is 0. The van der Waals surface area contributed by atoms with Gasteiger partial charge < -0.3 is 5.32 Å². The molecule has 1 amide bonds. The third-order valence-corrected chi connectivity index (χ3v) is 3.16. The number of nitrogens with zero attached hydrogens (tertiary/aromatic N) is 3. The van der Waals surface area contributed by atoms with Gasteiger partial charge in [0.2, 0.25) is 0 Å². The van der Waals surface area contributed by atoms with E-state index in [2.05, 4.69) is 15.4 Å². The Morgan fingerprint density at radius 1 is 1.14 bits per heavy atom. The molecule has 0 saturated heterocycles. The molecule has 3 rings (SSSR count). The predicted octanol–water partition coefficient (Wildman–Crippen LogP) is 2.83. The van der Waals surface area contributed by atoms with E-state index in [1.165, 1.54) is 0 Å². The molecule has 0 unspecified atom stereocenters. The Kier molecular flexibility index (Phi) is 3.47. The standard InChI is InChI=1S/C16H14N4O/c1-12-4-2-3-5-15(12)16(21)19-13-10-18-20(11-13)14-6-8-17-9-7-14/h2-11H,1H3,(H,19,21). The van der Waals surface area contributed by atoms with Crippen LogP contribution in [0.15, 0.2) is 61.2 Å². The van der Waals surface area contributed by atoms with E-state index in [1.807, 2.05) is 37.3 Å². The van der Waals surface area contributed by atoms with Gasteiger partial charge in [-0.05, 0) is 30.7 Å². The summed E-state index contributed by atoms with van der Waals surface area (Å²) < 4.78 is 1.69. The molecule has 5 heteroatoms. The summed E-state index contributed by atoms with van der Waals surface area (Å²) in [6.07, 6.45) is 6.79. The zero-order valence-electron chi connectivity index (χ0n) is 11.5. The molecule has 1 N–H and O–H groups in total. The number of rotatable bonds is 3. The maximum absolute atomic E-state index is 12.2. The van der Waals surface area contributed by atoms with E-state index in [9.17, 15) is 4.79 Å². The summed E-state index contributed by atoms with van der Waals surface area (Å²) in [5, 5.41) is 7.08. The van der Waals surface area contributed by atoms with E-state index in [0.717, 1.165) is 11.3 Å². The van der Waals surface area contributed by atoms with Crippen LogP contribution in [0.5, 0.6) is 0 Å². The second-order valence-electron chi connectivity index (χ2n) is 4.65. The number of anilines is 1. The molecule has 5 nitrogen and oxygen atoms in total. The van der Waals surface area contributed by atoms with Crippen molar-refractivity contribution in [3.8, 4) is 5.69 Å². The summed E-state index contributed by atoms with van der Waals surface area (Å²) in [5.41, 5.74) is 3.15. The molecule has 0 fully saturated rings. The van der Waals surface area contributed by atoms with Gasteiger partial charge in [0.05, 0.1) is 23.8 Å². The molecule has 0 aliphatic heterocycles. The van der Waals surface area contributed by atoms with Crippen LogP contribution in [0.2, 0.25) is 0 Å². The molecule has 0 aliphatic rings. The number of hydrogen-bond donors (Lipinski definition) is 1. The van der Waals surface area contributed by atoms with Gasteiger partial charge in [-0.2, -0.15) is 5.10 Å². The van der Waals surface area contributed by atoms with E-state index in [4.69, 9.17) is 0 Å². The minimum atomic E-state index is -0.137. The number of amides is 1. The Morgan fingerprint density at radius 2 is 1.90 bits per heavy atom. The largest absolute Gasteiger partial charge is 0.319 e. The smallest absolute Gasteiger partial charge is 0.256 e. The van der Waals surface area contributed by atoms with Gasteiger partial charge in [-0.15, -0.1) is 0 Å². The number of benzene rings is 1. The fraction of sp³-hybridized carbons (Fsp3) is 0.0625. The monoisotopic (exact) mass is 278 g/mol. The first-order valence-electron chi connectivity index (χ1n) is 6.56. The van der Waals surface area contributed by atoms with Gasteiger partial charge in [-0.25, -0.2) is 4.68 Å². The topological polar surface area (TPSA) is 59.8 Å². The van der Waals surface area contributed by atoms with Crippen LogP contribution in [-0.4, -0.2) is 20.7 Å². The number of carbonyl (C=O) groups is 1. The van der Waals surface area contributed by atoms with Gasteiger partial charge in [0, 0.05) is 18.0 Å². The average Bonchev–Trinajstić information content (AvgIpc) is 2.97. The predicted molar refractivity (Wildman–Crippen MR) is 80.5 cm³/mol. The van der Waals surface area contributed by atoms with Crippen molar-refractivity contribution in [3.05, 3.63) is 72.3 Å². The molecule has 3 aromatic rings. The molecule has 0 saturated carbocycles. The Labute approximate surface area is 122 Å². The lowest BCUT2D eigenvalue weighted by Gasteiger charge is -2.05. The van der Waals surface area contributed by atoms with Crippen LogP contribution in [0.1, 0.15) is 15.9 Å². The minimum Gasteiger partial charge on any atom is -0.319 e. The van der Waals surface area contributed by atoms with Crippen LogP contribution >= 0.6 is 0 Å². The Hall–Kier alpha value is -2.95. The van der Waals surface area contributed by atoms with Gasteiger partial charge in [0.25, 0.3) is 5.91 Å². The van der Waals surface area contributed by atoms with Crippen LogP contribution in [-0.2, 0) is 0 Å². The van der Waals surface area contributed by atoms with Crippen molar-refractivity contribution in [2.75, 3.05) is 5.32 Å². The van der Waals surface area contributed by atoms with E-state index in [1.54, 1.807) is 35.5 Å². The van der Waals surface area contributed by atoms with Gasteiger partial charge >= 0.3 is 0 Å². The third-order valence-electron chi connectivity index (χ3n) is 3.16. The van der Waals surface area contributed by atoms with Gasteiger partial charge in [-0.1, -0.05) is 18.2 Å². The molecule has 21 heavy (non-hydrogen) atoms. The maximum atomic E-state index is 12.2. The van der Waals surface area contributed by atoms with E-state index in [-0.39, 0.29) is 5.91 Å². The van der Waals surface area contributed by atoms with Crippen LogP contribution in [0.25, 0.3) is 5.69 Å². The van der Waals surface area contributed by atoms with Crippen molar-refractivity contribution in [1.29, 1.82) is 0 Å². The van der Waals surface area contributed by atoms with Gasteiger partial charge in [-0.3, -0.25) is 9.78 Å². The third kappa shape index (κ3) is 2.81. The lowest BCUT2D eigenvalue weighted by atomic mass is 10.1. The zero-order valence-corrected chi connectivity index (χ0v) is 11.5. The van der Waals surface area contributed by atoms with Crippen molar-refractivity contribution in [2.24, 2.45) is 0 Å². The van der Waals surface area contributed by atoms with Crippen LogP contribution in [0.4, 0.5) is 5.69 Å². The molecular formula is C16H14N4O. The van der Waals surface area contributed by atoms with E-state index < -0.39 is 0 Å². The molecule has 2 heterocycles. The second kappa shape index (κ2) is 5.58. The van der Waals surface area contributed by atoms with Crippen LogP contribution < -0.4 is 5.32 Å². The number of aryl methyl sites for hydroxylation is 1. The highest BCUT2D eigenvalue weighted by molar-refractivity contribution is 6.05. The lowest BCUT2D eigenvalue weighted by molar-refractivity contribution is 0.102. The molecule has 1 aromatic carbocycles. The molecule has 0 atom stereocenters. The second-order valence-corrected chi connectivity index (χ2v) is 4.65. The lowest BCUT2D eigenvalue weighted by Crippen LogP contribution is -2.12. The quantitative estimate of drug-likeness (QED) is 0.801. The van der Waals surface area contributed by atoms with Crippen molar-refractivity contribution in [1.82, 2.24) is 14.8 Å². The fourth-order valence-corrected chi connectivity index (χ4v) is 2.05. The first-order valence-corrected chi connectivity index (χ1v) is 6.56. The molecule has 0 bridgehead atoms. The maximum Gasteiger partial charge on any atom is 0.256 e. The highest BCUT2D eigenvalue weighted by atomic mass is 16.1. The minimum absolute atomic E-state index is 0.137. The normalized spacial score (nSPS) is 10.3. The highest BCUT2D eigenvalue weighted by Gasteiger charge is 2.09. The van der Waals surface area contributed by atoms with Crippen molar-refractivity contribution in [2.45, 2.75) is 6.92 Å². The molecule has 0 aliphatic carbocycles. The number of hydrogen-bond acceptors (Lipinski definition) is 3. The van der Waals surface area contributed by atoms with Crippen molar-refractivity contribution >= 4 is 11.6 Å². The molecule has 0 spiro atoms. The number of pyridine rings is 1. The Bertz CT molecular complexity index is 765.